The molecular weight excluding hydrogens is 280 g/mol. The van der Waals surface area contributed by atoms with Crippen molar-refractivity contribution in [3.63, 3.8) is 0 Å². The maximum absolute atomic E-state index is 12.2. The first-order valence-corrected chi connectivity index (χ1v) is 7.28. The lowest BCUT2D eigenvalue weighted by Gasteiger charge is -2.22. The van der Waals surface area contributed by atoms with Crippen molar-refractivity contribution in [1.29, 1.82) is 0 Å². The molecule has 1 aromatic carbocycles. The van der Waals surface area contributed by atoms with Crippen LogP contribution in [0.3, 0.4) is 0 Å². The third-order valence-electron chi connectivity index (χ3n) is 3.14. The topological polar surface area (TPSA) is 80.0 Å². The minimum atomic E-state index is -0.553. The van der Waals surface area contributed by atoms with E-state index < -0.39 is 6.10 Å². The Balaban J connectivity index is 1.97. The van der Waals surface area contributed by atoms with Crippen LogP contribution in [0.5, 0.6) is 0 Å². The van der Waals surface area contributed by atoms with Crippen LogP contribution in [0.25, 0.3) is 5.69 Å². The van der Waals surface area contributed by atoms with E-state index in [2.05, 4.69) is 36.4 Å². The van der Waals surface area contributed by atoms with Gasteiger partial charge in [-0.2, -0.15) is 0 Å². The average molecular weight is 302 g/mol. The van der Waals surface area contributed by atoms with Crippen molar-refractivity contribution >= 4 is 5.91 Å². The molecule has 0 aliphatic heterocycles. The molecule has 0 saturated carbocycles. The Morgan fingerprint density at radius 1 is 1.41 bits per heavy atom. The fourth-order valence-electron chi connectivity index (χ4n) is 2.23. The van der Waals surface area contributed by atoms with Crippen molar-refractivity contribution in [2.24, 2.45) is 5.41 Å². The summed E-state index contributed by atoms with van der Waals surface area (Å²) in [5.74, 6) is -0.213. The lowest BCUT2D eigenvalue weighted by atomic mass is 9.89. The second kappa shape index (κ2) is 6.70. The Kier molecular flexibility index (Phi) is 4.92. The van der Waals surface area contributed by atoms with Gasteiger partial charge in [0, 0.05) is 12.1 Å². The van der Waals surface area contributed by atoms with E-state index in [4.69, 9.17) is 0 Å². The summed E-state index contributed by atoms with van der Waals surface area (Å²) >= 11 is 0. The van der Waals surface area contributed by atoms with E-state index in [1.54, 1.807) is 35.3 Å². The molecule has 118 valence electrons. The summed E-state index contributed by atoms with van der Waals surface area (Å²) in [6.07, 6.45) is 3.37. The molecule has 0 spiro atoms. The molecule has 22 heavy (non-hydrogen) atoms. The van der Waals surface area contributed by atoms with Crippen LogP contribution in [0.1, 0.15) is 37.6 Å². The zero-order chi connectivity index (χ0) is 16.2. The monoisotopic (exact) mass is 302 g/mol. The fraction of sp³-hybridized carbons (Fsp3) is 0.438. The van der Waals surface area contributed by atoms with Crippen molar-refractivity contribution in [1.82, 2.24) is 20.3 Å². The van der Waals surface area contributed by atoms with E-state index in [-0.39, 0.29) is 17.9 Å². The van der Waals surface area contributed by atoms with Crippen LogP contribution in [0.2, 0.25) is 0 Å². The van der Waals surface area contributed by atoms with Gasteiger partial charge in [0.25, 0.3) is 5.91 Å². The van der Waals surface area contributed by atoms with Gasteiger partial charge in [-0.3, -0.25) is 4.79 Å². The number of rotatable bonds is 5. The highest BCUT2D eigenvalue weighted by atomic mass is 16.3. The summed E-state index contributed by atoms with van der Waals surface area (Å²) < 4.78 is 1.59. The number of carbonyl (C=O) groups excluding carboxylic acids is 1. The third kappa shape index (κ3) is 4.66. The lowest BCUT2D eigenvalue weighted by molar-refractivity contribution is 0.0868. The summed E-state index contributed by atoms with van der Waals surface area (Å²) in [5.41, 5.74) is 1.31. The van der Waals surface area contributed by atoms with Gasteiger partial charge in [0.2, 0.25) is 0 Å². The first kappa shape index (κ1) is 16.2. The zero-order valence-electron chi connectivity index (χ0n) is 13.2. The number of hydrogen-bond acceptors (Lipinski definition) is 4. The number of benzene rings is 1. The second-order valence-corrected chi connectivity index (χ2v) is 6.53. The number of aliphatic hydroxyl groups excluding tert-OH is 1. The van der Waals surface area contributed by atoms with Crippen LogP contribution >= 0.6 is 0 Å². The van der Waals surface area contributed by atoms with Gasteiger partial charge in [-0.15, -0.1) is 5.10 Å². The number of carbonyl (C=O) groups is 1. The smallest absolute Gasteiger partial charge is 0.251 e. The molecular formula is C16H22N4O2. The largest absolute Gasteiger partial charge is 0.391 e. The highest BCUT2D eigenvalue weighted by molar-refractivity contribution is 5.94. The Hall–Kier alpha value is -2.21. The first-order valence-electron chi connectivity index (χ1n) is 7.28. The van der Waals surface area contributed by atoms with Gasteiger partial charge in [-0.05, 0) is 30.0 Å². The molecule has 0 aliphatic carbocycles. The Morgan fingerprint density at radius 2 is 2.18 bits per heavy atom. The molecule has 2 rings (SSSR count). The van der Waals surface area contributed by atoms with Crippen molar-refractivity contribution in [2.45, 2.75) is 33.3 Å². The van der Waals surface area contributed by atoms with Gasteiger partial charge in [0.15, 0.2) is 0 Å². The standard InChI is InChI=1S/C16H22N4O2/c1-16(2,3)10-14(21)11-17-15(22)12-5-4-6-13(9-12)20-8-7-18-19-20/h4-9,14,21H,10-11H2,1-3H3,(H,17,22). The van der Waals surface area contributed by atoms with Crippen molar-refractivity contribution in [3.8, 4) is 5.69 Å². The van der Waals surface area contributed by atoms with Gasteiger partial charge in [0.1, 0.15) is 0 Å². The summed E-state index contributed by atoms with van der Waals surface area (Å²) in [7, 11) is 0. The Bertz CT molecular complexity index is 617. The van der Waals surface area contributed by atoms with Gasteiger partial charge in [-0.1, -0.05) is 32.1 Å². The van der Waals surface area contributed by atoms with Crippen LogP contribution in [0.4, 0.5) is 0 Å². The maximum atomic E-state index is 12.2. The van der Waals surface area contributed by atoms with Crippen molar-refractivity contribution in [2.75, 3.05) is 6.54 Å². The molecule has 0 radical (unpaired) electrons. The third-order valence-corrected chi connectivity index (χ3v) is 3.14. The minimum absolute atomic E-state index is 0.0250. The normalized spacial score (nSPS) is 12.9. The van der Waals surface area contributed by atoms with E-state index >= 15 is 0 Å². The molecule has 0 bridgehead atoms. The average Bonchev–Trinajstić information content (AvgIpc) is 2.97. The molecule has 1 amide bonds. The fourth-order valence-corrected chi connectivity index (χ4v) is 2.23. The maximum Gasteiger partial charge on any atom is 0.251 e. The number of nitrogens with zero attached hydrogens (tertiary/aromatic N) is 3. The Morgan fingerprint density at radius 3 is 2.82 bits per heavy atom. The molecule has 2 N–H and O–H groups in total. The predicted octanol–water partition coefficient (Wildman–Crippen LogP) is 1.79. The summed E-state index contributed by atoms with van der Waals surface area (Å²) in [6.45, 7) is 6.41. The Labute approximate surface area is 130 Å². The quantitative estimate of drug-likeness (QED) is 0.882. The van der Waals surface area contributed by atoms with Crippen LogP contribution in [-0.4, -0.2) is 38.7 Å². The number of amides is 1. The molecule has 1 heterocycles. The van der Waals surface area contributed by atoms with Crippen molar-refractivity contribution < 1.29 is 9.90 Å². The molecule has 6 nitrogen and oxygen atoms in total. The summed E-state index contributed by atoms with van der Waals surface area (Å²) in [4.78, 5) is 12.2. The molecule has 1 atom stereocenters. The lowest BCUT2D eigenvalue weighted by Crippen LogP contribution is -2.34. The van der Waals surface area contributed by atoms with Crippen LogP contribution < -0.4 is 5.32 Å². The van der Waals surface area contributed by atoms with Gasteiger partial charge < -0.3 is 10.4 Å². The van der Waals surface area contributed by atoms with Gasteiger partial charge in [0.05, 0.1) is 24.2 Å². The molecule has 6 heteroatoms. The van der Waals surface area contributed by atoms with Gasteiger partial charge in [-0.25, -0.2) is 4.68 Å². The summed E-state index contributed by atoms with van der Waals surface area (Å²) in [5, 5.41) is 20.4. The molecule has 0 saturated heterocycles. The SMILES string of the molecule is CC(C)(C)CC(O)CNC(=O)c1cccc(-n2ccnn2)c1. The first-order chi connectivity index (χ1) is 10.3. The van der Waals surface area contributed by atoms with E-state index in [1.165, 1.54) is 0 Å². The van der Waals surface area contributed by atoms with E-state index in [0.717, 1.165) is 5.69 Å². The molecule has 0 fully saturated rings. The number of hydrogen-bond donors (Lipinski definition) is 2. The van der Waals surface area contributed by atoms with Crippen LogP contribution in [-0.2, 0) is 0 Å². The molecule has 1 aromatic heterocycles. The van der Waals surface area contributed by atoms with Gasteiger partial charge >= 0.3 is 0 Å². The zero-order valence-corrected chi connectivity index (χ0v) is 13.2. The molecule has 2 aromatic rings. The molecule has 1 unspecified atom stereocenters. The predicted molar refractivity (Wildman–Crippen MR) is 83.8 cm³/mol. The van der Waals surface area contributed by atoms with E-state index in [9.17, 15) is 9.90 Å². The van der Waals surface area contributed by atoms with Crippen LogP contribution in [0, 0.1) is 5.41 Å². The highest BCUT2D eigenvalue weighted by Crippen LogP contribution is 2.20. The van der Waals surface area contributed by atoms with Crippen LogP contribution in [0.15, 0.2) is 36.7 Å². The van der Waals surface area contributed by atoms with E-state index in [1.807, 2.05) is 6.07 Å². The minimum Gasteiger partial charge on any atom is -0.391 e. The summed E-state index contributed by atoms with van der Waals surface area (Å²) in [6, 6.07) is 7.10. The van der Waals surface area contributed by atoms with Crippen molar-refractivity contribution in [3.05, 3.63) is 42.2 Å². The molecule has 0 aliphatic rings. The number of aliphatic hydroxyl groups is 1. The number of aromatic nitrogens is 3. The second-order valence-electron chi connectivity index (χ2n) is 6.53. The number of nitrogens with one attached hydrogen (secondary N) is 1. The van der Waals surface area contributed by atoms with E-state index in [0.29, 0.717) is 12.0 Å². The highest BCUT2D eigenvalue weighted by Gasteiger charge is 2.17.